The predicted octanol–water partition coefficient (Wildman–Crippen LogP) is 2.35. The van der Waals surface area contributed by atoms with Gasteiger partial charge in [0.15, 0.2) is 0 Å². The number of rotatable bonds is 2. The molecule has 6 heteroatoms. The summed E-state index contributed by atoms with van der Waals surface area (Å²) in [6, 6.07) is 0. The van der Waals surface area contributed by atoms with E-state index in [4.69, 9.17) is 4.89 Å². The minimum atomic E-state index is -5.01. The highest BCUT2D eigenvalue weighted by atomic mass is 31.2. The maximum Gasteiger partial charge on any atom is 0.510 e. The second-order valence-corrected chi connectivity index (χ2v) is 4.01. The fourth-order valence-corrected chi connectivity index (χ4v) is 1.91. The van der Waals surface area contributed by atoms with Gasteiger partial charge in [-0.15, -0.1) is 4.20 Å². The Kier molecular flexibility index (Phi) is 3.21. The van der Waals surface area contributed by atoms with Crippen LogP contribution in [0.1, 0.15) is 25.7 Å². The molecule has 0 aliphatic heterocycles. The van der Waals surface area contributed by atoms with Crippen LogP contribution in [0, 0.1) is 0 Å². The topological polar surface area (TPSA) is 46.5 Å². The molecule has 0 saturated heterocycles. The van der Waals surface area contributed by atoms with E-state index in [0.717, 1.165) is 6.42 Å². The number of alkyl halides is 1. The molecule has 0 radical (unpaired) electrons. The molecule has 12 heavy (non-hydrogen) atoms. The van der Waals surface area contributed by atoms with Gasteiger partial charge < -0.3 is 0 Å². The summed E-state index contributed by atoms with van der Waals surface area (Å²) in [6.07, 6.45) is -0.316. The Hall–Kier alpha value is 0.01000. The van der Waals surface area contributed by atoms with Crippen molar-refractivity contribution in [2.75, 3.05) is 0 Å². The first-order valence-corrected chi connectivity index (χ1v) is 5.31. The smallest absolute Gasteiger partial charge is 0.299 e. The van der Waals surface area contributed by atoms with Crippen LogP contribution in [0.4, 0.5) is 8.59 Å². The molecule has 1 saturated carbocycles. The van der Waals surface area contributed by atoms with E-state index >= 15 is 0 Å². The van der Waals surface area contributed by atoms with Crippen molar-refractivity contribution in [2.24, 2.45) is 0 Å². The maximum atomic E-state index is 12.9. The monoisotopic (exact) mass is 200 g/mol. The molecule has 0 bridgehead atoms. The summed E-state index contributed by atoms with van der Waals surface area (Å²) in [5.74, 6) is 0. The number of hydrogen-bond acceptors (Lipinski definition) is 2. The summed E-state index contributed by atoms with van der Waals surface area (Å²) < 4.78 is 39.1. The van der Waals surface area contributed by atoms with Crippen LogP contribution in [-0.2, 0) is 9.09 Å². The molecular weight excluding hydrogens is 189 g/mol. The summed E-state index contributed by atoms with van der Waals surface area (Å²) in [5, 5.41) is 0. The Bertz CT molecular complexity index is 193. The molecule has 3 unspecified atom stereocenters. The fourth-order valence-electron chi connectivity index (χ4n) is 1.34. The van der Waals surface area contributed by atoms with E-state index in [1.807, 2.05) is 0 Å². The normalized spacial score (nSPS) is 35.9. The molecule has 0 aromatic heterocycles. The van der Waals surface area contributed by atoms with Crippen molar-refractivity contribution in [1.82, 2.24) is 0 Å². The van der Waals surface area contributed by atoms with E-state index in [1.165, 1.54) is 0 Å². The molecule has 0 spiro atoms. The van der Waals surface area contributed by atoms with E-state index in [0.29, 0.717) is 12.8 Å². The molecule has 3 nitrogen and oxygen atoms in total. The van der Waals surface area contributed by atoms with Gasteiger partial charge in [-0.1, -0.05) is 12.8 Å². The van der Waals surface area contributed by atoms with Gasteiger partial charge in [0.1, 0.15) is 12.3 Å². The predicted molar refractivity (Wildman–Crippen MR) is 39.2 cm³/mol. The van der Waals surface area contributed by atoms with Gasteiger partial charge in [0.25, 0.3) is 0 Å². The Balaban J connectivity index is 2.44. The van der Waals surface area contributed by atoms with Gasteiger partial charge in [-0.3, -0.25) is 9.42 Å². The van der Waals surface area contributed by atoms with E-state index in [-0.39, 0.29) is 6.42 Å². The first-order chi connectivity index (χ1) is 5.49. The van der Waals surface area contributed by atoms with Crippen LogP contribution in [0.25, 0.3) is 0 Å². The minimum absolute atomic E-state index is 0.282. The van der Waals surface area contributed by atoms with E-state index in [1.54, 1.807) is 0 Å². The third-order valence-corrected chi connectivity index (χ3v) is 2.42. The van der Waals surface area contributed by atoms with E-state index in [9.17, 15) is 13.2 Å². The maximum absolute atomic E-state index is 12.9. The van der Waals surface area contributed by atoms with Crippen molar-refractivity contribution in [1.29, 1.82) is 0 Å². The average molecular weight is 200 g/mol. The molecule has 0 heterocycles. The Morgan fingerprint density at radius 2 is 2.00 bits per heavy atom. The lowest BCUT2D eigenvalue weighted by molar-refractivity contribution is 0.0455. The molecular formula is C6H11F2O3P. The first-order valence-electron chi connectivity index (χ1n) is 3.84. The van der Waals surface area contributed by atoms with Gasteiger partial charge in [0.2, 0.25) is 0 Å². The van der Waals surface area contributed by atoms with Crippen molar-refractivity contribution in [3.63, 3.8) is 0 Å². The van der Waals surface area contributed by atoms with Gasteiger partial charge in [-0.25, -0.2) is 8.96 Å². The highest BCUT2D eigenvalue weighted by Gasteiger charge is 2.32. The molecule has 1 rings (SSSR count). The third kappa shape index (κ3) is 3.17. The molecule has 0 amide bonds. The van der Waals surface area contributed by atoms with Crippen LogP contribution in [-0.4, -0.2) is 17.2 Å². The van der Waals surface area contributed by atoms with Crippen LogP contribution in [0.5, 0.6) is 0 Å². The van der Waals surface area contributed by atoms with Gasteiger partial charge in [-0.05, 0) is 12.8 Å². The molecule has 1 N–H and O–H groups in total. The molecule has 1 aliphatic carbocycles. The van der Waals surface area contributed by atoms with Crippen LogP contribution in [0.2, 0.25) is 0 Å². The van der Waals surface area contributed by atoms with Gasteiger partial charge in [0, 0.05) is 0 Å². The molecule has 72 valence electrons. The van der Waals surface area contributed by atoms with Crippen molar-refractivity contribution in [3.8, 4) is 0 Å². The van der Waals surface area contributed by atoms with Crippen LogP contribution in [0.15, 0.2) is 0 Å². The average Bonchev–Trinajstić information content (AvgIpc) is 1.91. The van der Waals surface area contributed by atoms with Crippen LogP contribution < -0.4 is 0 Å². The van der Waals surface area contributed by atoms with Crippen molar-refractivity contribution in [3.05, 3.63) is 0 Å². The summed E-state index contributed by atoms with van der Waals surface area (Å²) in [4.78, 5) is 8.19. The van der Waals surface area contributed by atoms with Crippen LogP contribution >= 0.6 is 7.91 Å². The Labute approximate surface area is 69.4 Å². The van der Waals surface area contributed by atoms with Gasteiger partial charge in [0.05, 0.1) is 0 Å². The third-order valence-electron chi connectivity index (χ3n) is 1.89. The zero-order valence-corrected chi connectivity index (χ0v) is 7.34. The summed E-state index contributed by atoms with van der Waals surface area (Å²) in [7, 11) is -5.01. The molecule has 1 fully saturated rings. The highest BCUT2D eigenvalue weighted by Crippen LogP contribution is 2.47. The highest BCUT2D eigenvalue weighted by molar-refractivity contribution is 7.46. The number of halogens is 2. The Morgan fingerprint density at radius 1 is 1.42 bits per heavy atom. The summed E-state index contributed by atoms with van der Waals surface area (Å²) in [6.45, 7) is 0. The summed E-state index contributed by atoms with van der Waals surface area (Å²) in [5.41, 5.74) is 0. The van der Waals surface area contributed by atoms with Gasteiger partial charge in [-0.2, -0.15) is 0 Å². The SMILES string of the molecule is O=P(O)(F)OC1CCCCC1F. The zero-order chi connectivity index (χ0) is 9.19. The van der Waals surface area contributed by atoms with E-state index < -0.39 is 20.2 Å². The largest absolute Gasteiger partial charge is 0.510 e. The van der Waals surface area contributed by atoms with Gasteiger partial charge >= 0.3 is 7.91 Å². The molecule has 0 aromatic rings. The second-order valence-electron chi connectivity index (χ2n) is 2.90. The van der Waals surface area contributed by atoms with Crippen LogP contribution in [0.3, 0.4) is 0 Å². The summed E-state index contributed by atoms with van der Waals surface area (Å²) >= 11 is 0. The fraction of sp³-hybridized carbons (Fsp3) is 1.00. The standard InChI is InChI=1S/C6H11F2O3P/c7-5-3-1-2-4-6(5)11-12(8,9)10/h5-6H,1-4H2,(H,9,10). The Morgan fingerprint density at radius 3 is 2.50 bits per heavy atom. The lowest BCUT2D eigenvalue weighted by Gasteiger charge is -2.25. The first kappa shape index (κ1) is 10.1. The van der Waals surface area contributed by atoms with Crippen molar-refractivity contribution in [2.45, 2.75) is 38.0 Å². The lowest BCUT2D eigenvalue weighted by Crippen LogP contribution is -2.27. The minimum Gasteiger partial charge on any atom is -0.299 e. The quantitative estimate of drug-likeness (QED) is 0.696. The molecule has 3 atom stereocenters. The van der Waals surface area contributed by atoms with Crippen molar-refractivity contribution >= 4 is 7.91 Å². The zero-order valence-electron chi connectivity index (χ0n) is 6.45. The lowest BCUT2D eigenvalue weighted by atomic mass is 9.96. The molecule has 0 aromatic carbocycles. The second kappa shape index (κ2) is 3.81. The molecule has 1 aliphatic rings. The van der Waals surface area contributed by atoms with Crippen molar-refractivity contribution < 1.29 is 22.6 Å². The van der Waals surface area contributed by atoms with E-state index in [2.05, 4.69) is 4.52 Å². The number of hydrogen-bond donors (Lipinski definition) is 1.